The fourth-order valence-corrected chi connectivity index (χ4v) is 3.11. The van der Waals surface area contributed by atoms with Crippen LogP contribution in [0.4, 0.5) is 0 Å². The van der Waals surface area contributed by atoms with E-state index in [1.165, 1.54) is 11.5 Å². The van der Waals surface area contributed by atoms with Crippen LogP contribution in [0, 0.1) is 6.92 Å². The molecule has 0 aliphatic rings. The van der Waals surface area contributed by atoms with Crippen LogP contribution in [0.2, 0.25) is 0 Å². The molecule has 0 radical (unpaired) electrons. The Bertz CT molecular complexity index is 704. The molecule has 19 heavy (non-hydrogen) atoms. The lowest BCUT2D eigenvalue weighted by Gasteiger charge is -2.06. The molecule has 0 saturated heterocycles. The molecule has 0 amide bonds. The lowest BCUT2D eigenvalue weighted by Crippen LogP contribution is -1.83. The highest BCUT2D eigenvalue weighted by molar-refractivity contribution is 7.10. The molecule has 0 saturated carbocycles. The molecule has 1 N–H and O–H groups in total. The molecule has 3 aromatic rings. The number of phenolic OH excluding ortho intramolecular Hbond substituents is 1. The lowest BCUT2D eigenvalue weighted by molar-refractivity contribution is 0.477. The van der Waals surface area contributed by atoms with Crippen molar-refractivity contribution in [1.82, 2.24) is 4.37 Å². The largest absolute Gasteiger partial charge is 0.507 e. The summed E-state index contributed by atoms with van der Waals surface area (Å²) in [4.78, 5) is 1.02. The minimum atomic E-state index is 0.295. The number of aryl methyl sites for hydroxylation is 1. The van der Waals surface area contributed by atoms with Crippen LogP contribution in [0.25, 0.3) is 21.6 Å². The maximum Gasteiger partial charge on any atom is 0.124 e. The summed E-state index contributed by atoms with van der Waals surface area (Å²) >= 11 is 1.43. The van der Waals surface area contributed by atoms with E-state index in [9.17, 15) is 5.11 Å². The third-order valence-electron chi connectivity index (χ3n) is 3.07. The van der Waals surface area contributed by atoms with Gasteiger partial charge in [0.2, 0.25) is 0 Å². The van der Waals surface area contributed by atoms with Crippen molar-refractivity contribution < 1.29 is 5.11 Å². The van der Waals surface area contributed by atoms with Crippen molar-refractivity contribution >= 4 is 11.5 Å². The van der Waals surface area contributed by atoms with E-state index in [0.717, 1.165) is 27.3 Å². The second-order valence-corrected chi connectivity index (χ2v) is 5.13. The second kappa shape index (κ2) is 4.86. The molecule has 1 aromatic heterocycles. The van der Waals surface area contributed by atoms with Crippen LogP contribution in [0.3, 0.4) is 0 Å². The minimum absolute atomic E-state index is 0.295. The second-order valence-electron chi connectivity index (χ2n) is 4.36. The molecule has 2 aromatic carbocycles. The van der Waals surface area contributed by atoms with Crippen molar-refractivity contribution in [1.29, 1.82) is 0 Å². The summed E-state index contributed by atoms with van der Waals surface area (Å²) in [6.07, 6.45) is 0. The molecule has 0 aliphatic carbocycles. The molecule has 0 unspecified atom stereocenters. The number of aromatic hydroxyl groups is 1. The fraction of sp³-hybridized carbons (Fsp3) is 0.0625. The summed E-state index contributed by atoms with van der Waals surface area (Å²) in [5.74, 6) is 0.295. The van der Waals surface area contributed by atoms with Gasteiger partial charge in [0.05, 0.1) is 10.6 Å². The van der Waals surface area contributed by atoms with Gasteiger partial charge in [-0.15, -0.1) is 0 Å². The molecule has 2 nitrogen and oxygen atoms in total. The molecule has 3 rings (SSSR count). The van der Waals surface area contributed by atoms with Crippen molar-refractivity contribution in [2.45, 2.75) is 6.92 Å². The number of phenols is 1. The Morgan fingerprint density at radius 1 is 0.947 bits per heavy atom. The van der Waals surface area contributed by atoms with E-state index < -0.39 is 0 Å². The minimum Gasteiger partial charge on any atom is -0.507 e. The summed E-state index contributed by atoms with van der Waals surface area (Å²) in [5, 5.41) is 10.0. The van der Waals surface area contributed by atoms with Gasteiger partial charge in [-0.1, -0.05) is 42.5 Å². The third-order valence-corrected chi connectivity index (χ3v) is 4.05. The Hall–Kier alpha value is -2.13. The van der Waals surface area contributed by atoms with Crippen LogP contribution in [-0.4, -0.2) is 9.48 Å². The first kappa shape index (κ1) is 11.9. The first-order valence-electron chi connectivity index (χ1n) is 6.07. The van der Waals surface area contributed by atoms with E-state index in [1.807, 2.05) is 43.3 Å². The van der Waals surface area contributed by atoms with Crippen LogP contribution in [0.1, 0.15) is 5.69 Å². The van der Waals surface area contributed by atoms with Gasteiger partial charge in [0.15, 0.2) is 0 Å². The number of para-hydroxylation sites is 1. The Morgan fingerprint density at radius 2 is 1.63 bits per heavy atom. The smallest absolute Gasteiger partial charge is 0.124 e. The zero-order valence-electron chi connectivity index (χ0n) is 10.5. The highest BCUT2D eigenvalue weighted by Gasteiger charge is 2.16. The first-order chi connectivity index (χ1) is 9.27. The fourth-order valence-electron chi connectivity index (χ4n) is 2.16. The Kier molecular flexibility index (Phi) is 3.05. The summed E-state index contributed by atoms with van der Waals surface area (Å²) < 4.78 is 4.44. The van der Waals surface area contributed by atoms with Crippen LogP contribution in [-0.2, 0) is 0 Å². The average molecular weight is 267 g/mol. The maximum absolute atomic E-state index is 10.0. The van der Waals surface area contributed by atoms with Gasteiger partial charge in [-0.05, 0) is 36.2 Å². The van der Waals surface area contributed by atoms with Gasteiger partial charge in [-0.25, -0.2) is 0 Å². The number of hydrogen-bond donors (Lipinski definition) is 1. The third kappa shape index (κ3) is 2.13. The van der Waals surface area contributed by atoms with E-state index in [1.54, 1.807) is 6.07 Å². The molecule has 94 valence electrons. The van der Waals surface area contributed by atoms with Crippen molar-refractivity contribution in [3.05, 3.63) is 60.3 Å². The van der Waals surface area contributed by atoms with Gasteiger partial charge in [-0.2, -0.15) is 4.37 Å². The van der Waals surface area contributed by atoms with Crippen molar-refractivity contribution in [3.8, 4) is 27.3 Å². The molecule has 0 fully saturated rings. The Morgan fingerprint density at radius 3 is 2.37 bits per heavy atom. The zero-order chi connectivity index (χ0) is 13.2. The standard InChI is InChI=1S/C16H13NOS/c1-11-15(12-7-3-2-4-8-12)16(19-17-11)13-9-5-6-10-14(13)18/h2-10,18H,1H3. The van der Waals surface area contributed by atoms with Crippen molar-refractivity contribution in [3.63, 3.8) is 0 Å². The molecule has 0 atom stereocenters. The summed E-state index contributed by atoms with van der Waals surface area (Å²) in [6, 6.07) is 17.6. The van der Waals surface area contributed by atoms with Gasteiger partial charge in [0.1, 0.15) is 5.75 Å². The molecule has 1 heterocycles. The first-order valence-corrected chi connectivity index (χ1v) is 6.85. The number of aromatic nitrogens is 1. The van der Waals surface area contributed by atoms with E-state index >= 15 is 0 Å². The predicted octanol–water partition coefficient (Wildman–Crippen LogP) is 4.49. The SMILES string of the molecule is Cc1nsc(-c2ccccc2O)c1-c1ccccc1. The summed E-state index contributed by atoms with van der Waals surface area (Å²) in [7, 11) is 0. The van der Waals surface area contributed by atoms with E-state index in [0.29, 0.717) is 5.75 Å². The quantitative estimate of drug-likeness (QED) is 0.742. The van der Waals surface area contributed by atoms with E-state index in [2.05, 4.69) is 16.5 Å². The average Bonchev–Trinajstić information content (AvgIpc) is 2.82. The maximum atomic E-state index is 10.0. The number of benzene rings is 2. The highest BCUT2D eigenvalue weighted by atomic mass is 32.1. The predicted molar refractivity (Wildman–Crippen MR) is 79.4 cm³/mol. The van der Waals surface area contributed by atoms with E-state index in [4.69, 9.17) is 0 Å². The van der Waals surface area contributed by atoms with Crippen molar-refractivity contribution in [2.24, 2.45) is 0 Å². The number of rotatable bonds is 2. The van der Waals surface area contributed by atoms with Gasteiger partial charge >= 0.3 is 0 Å². The Balaban J connectivity index is 2.23. The monoisotopic (exact) mass is 267 g/mol. The molecular weight excluding hydrogens is 254 g/mol. The summed E-state index contributed by atoms with van der Waals surface area (Å²) in [5.41, 5.74) is 4.07. The lowest BCUT2D eigenvalue weighted by atomic mass is 10.0. The molecular formula is C16H13NOS. The van der Waals surface area contributed by atoms with Crippen LogP contribution < -0.4 is 0 Å². The molecule has 3 heteroatoms. The number of nitrogens with zero attached hydrogens (tertiary/aromatic N) is 1. The van der Waals surface area contributed by atoms with Gasteiger partial charge < -0.3 is 5.11 Å². The van der Waals surface area contributed by atoms with Gasteiger partial charge in [-0.3, -0.25) is 0 Å². The zero-order valence-corrected chi connectivity index (χ0v) is 11.3. The van der Waals surface area contributed by atoms with Gasteiger partial charge in [0, 0.05) is 11.1 Å². The van der Waals surface area contributed by atoms with Crippen LogP contribution in [0.5, 0.6) is 5.75 Å². The normalized spacial score (nSPS) is 10.6. The summed E-state index contributed by atoms with van der Waals surface area (Å²) in [6.45, 7) is 2.00. The van der Waals surface area contributed by atoms with Crippen LogP contribution in [0.15, 0.2) is 54.6 Å². The molecule has 0 aliphatic heterocycles. The molecule has 0 bridgehead atoms. The molecule has 0 spiro atoms. The number of hydrogen-bond acceptors (Lipinski definition) is 3. The van der Waals surface area contributed by atoms with Crippen LogP contribution >= 0.6 is 11.5 Å². The van der Waals surface area contributed by atoms with Crippen molar-refractivity contribution in [2.75, 3.05) is 0 Å². The topological polar surface area (TPSA) is 33.1 Å². The Labute approximate surface area is 116 Å². The van der Waals surface area contributed by atoms with Gasteiger partial charge in [0.25, 0.3) is 0 Å². The highest BCUT2D eigenvalue weighted by Crippen LogP contribution is 2.41. The van der Waals surface area contributed by atoms with E-state index in [-0.39, 0.29) is 0 Å².